The number of sulfonamides is 1. The summed E-state index contributed by atoms with van der Waals surface area (Å²) in [5.74, 6) is -0.0529. The number of benzene rings is 1. The number of piperazine rings is 1. The van der Waals surface area contributed by atoms with Gasteiger partial charge in [-0.3, -0.25) is 9.52 Å². The van der Waals surface area contributed by atoms with Crippen LogP contribution in [0.3, 0.4) is 0 Å². The lowest BCUT2D eigenvalue weighted by atomic mass is 10.1. The first-order valence-electron chi connectivity index (χ1n) is 6.98. The van der Waals surface area contributed by atoms with Gasteiger partial charge in [-0.2, -0.15) is 0 Å². The molecule has 0 aliphatic carbocycles. The van der Waals surface area contributed by atoms with Gasteiger partial charge in [-0.05, 0) is 24.7 Å². The summed E-state index contributed by atoms with van der Waals surface area (Å²) in [7, 11) is -3.34. The van der Waals surface area contributed by atoms with E-state index < -0.39 is 10.0 Å². The van der Waals surface area contributed by atoms with E-state index in [4.69, 9.17) is 0 Å². The molecule has 0 aromatic heterocycles. The molecule has 116 valence electrons. The second kappa shape index (κ2) is 6.44. The van der Waals surface area contributed by atoms with Crippen LogP contribution in [0.15, 0.2) is 24.3 Å². The standard InChI is InChI=1S/C14H21N3O3S/c1-3-16-7-9-17(10-8-16)14(18)12-5-4-6-13(11-12)15-21(2,19)20/h4-6,11,15H,3,7-10H2,1-2H3. The highest BCUT2D eigenvalue weighted by Crippen LogP contribution is 2.15. The number of carbonyl (C=O) groups excluding carboxylic acids is 1. The molecule has 1 aliphatic heterocycles. The predicted octanol–water partition coefficient (Wildman–Crippen LogP) is 0.836. The third-order valence-electron chi connectivity index (χ3n) is 3.52. The fourth-order valence-corrected chi connectivity index (χ4v) is 2.93. The van der Waals surface area contributed by atoms with E-state index in [1.54, 1.807) is 24.3 Å². The maximum atomic E-state index is 12.4. The summed E-state index contributed by atoms with van der Waals surface area (Å²) in [6, 6.07) is 6.60. The summed E-state index contributed by atoms with van der Waals surface area (Å²) in [6.07, 6.45) is 1.09. The fourth-order valence-electron chi connectivity index (χ4n) is 2.38. The molecular weight excluding hydrogens is 290 g/mol. The van der Waals surface area contributed by atoms with Crippen LogP contribution in [0.5, 0.6) is 0 Å². The van der Waals surface area contributed by atoms with Gasteiger partial charge in [0.25, 0.3) is 5.91 Å². The minimum absolute atomic E-state index is 0.0529. The van der Waals surface area contributed by atoms with E-state index in [0.717, 1.165) is 25.9 Å². The van der Waals surface area contributed by atoms with Crippen molar-refractivity contribution >= 4 is 21.6 Å². The Bertz CT molecular complexity index is 608. The quantitative estimate of drug-likeness (QED) is 0.894. The van der Waals surface area contributed by atoms with Crippen molar-refractivity contribution in [3.8, 4) is 0 Å². The van der Waals surface area contributed by atoms with Gasteiger partial charge in [-0.15, -0.1) is 0 Å². The van der Waals surface area contributed by atoms with Crippen LogP contribution in [0.1, 0.15) is 17.3 Å². The number of likely N-dealkylation sites (N-methyl/N-ethyl adjacent to an activating group) is 1. The zero-order valence-corrected chi connectivity index (χ0v) is 13.2. The molecular formula is C14H21N3O3S. The molecule has 6 nitrogen and oxygen atoms in total. The van der Waals surface area contributed by atoms with Gasteiger partial charge >= 0.3 is 0 Å². The zero-order valence-electron chi connectivity index (χ0n) is 12.4. The van der Waals surface area contributed by atoms with Gasteiger partial charge in [-0.1, -0.05) is 13.0 Å². The normalized spacial score (nSPS) is 16.8. The first kappa shape index (κ1) is 15.8. The van der Waals surface area contributed by atoms with Crippen molar-refractivity contribution in [1.82, 2.24) is 9.80 Å². The third-order valence-corrected chi connectivity index (χ3v) is 4.13. The van der Waals surface area contributed by atoms with Crippen LogP contribution >= 0.6 is 0 Å². The summed E-state index contributed by atoms with van der Waals surface area (Å²) in [4.78, 5) is 16.6. The molecule has 2 rings (SSSR count). The van der Waals surface area contributed by atoms with Gasteiger partial charge in [0.15, 0.2) is 0 Å². The van der Waals surface area contributed by atoms with Crippen LogP contribution in [0.2, 0.25) is 0 Å². The Morgan fingerprint density at radius 1 is 1.24 bits per heavy atom. The molecule has 0 saturated carbocycles. The van der Waals surface area contributed by atoms with Gasteiger partial charge in [0.1, 0.15) is 0 Å². The molecule has 21 heavy (non-hydrogen) atoms. The van der Waals surface area contributed by atoms with Crippen LogP contribution < -0.4 is 4.72 Å². The van der Waals surface area contributed by atoms with E-state index in [2.05, 4.69) is 16.5 Å². The number of hydrogen-bond donors (Lipinski definition) is 1. The second-order valence-corrected chi connectivity index (χ2v) is 6.93. The molecule has 1 fully saturated rings. The van der Waals surface area contributed by atoms with Crippen molar-refractivity contribution in [2.45, 2.75) is 6.92 Å². The molecule has 1 saturated heterocycles. The minimum Gasteiger partial charge on any atom is -0.336 e. The number of hydrogen-bond acceptors (Lipinski definition) is 4. The van der Waals surface area contributed by atoms with E-state index in [1.807, 2.05) is 4.90 Å². The minimum atomic E-state index is -3.34. The largest absolute Gasteiger partial charge is 0.336 e. The third kappa shape index (κ3) is 4.44. The summed E-state index contributed by atoms with van der Waals surface area (Å²) >= 11 is 0. The van der Waals surface area contributed by atoms with E-state index in [9.17, 15) is 13.2 Å². The van der Waals surface area contributed by atoms with Crippen LogP contribution in [-0.2, 0) is 10.0 Å². The zero-order chi connectivity index (χ0) is 15.5. The van der Waals surface area contributed by atoms with E-state index in [-0.39, 0.29) is 5.91 Å². The molecule has 0 bridgehead atoms. The monoisotopic (exact) mass is 311 g/mol. The van der Waals surface area contributed by atoms with Crippen molar-refractivity contribution in [2.75, 3.05) is 43.7 Å². The van der Waals surface area contributed by atoms with Crippen molar-refractivity contribution < 1.29 is 13.2 Å². The Balaban J connectivity index is 2.08. The molecule has 1 aliphatic rings. The van der Waals surface area contributed by atoms with E-state index in [0.29, 0.717) is 24.3 Å². The van der Waals surface area contributed by atoms with Gasteiger partial charge in [-0.25, -0.2) is 8.42 Å². The molecule has 0 radical (unpaired) electrons. The fraction of sp³-hybridized carbons (Fsp3) is 0.500. The van der Waals surface area contributed by atoms with Gasteiger partial charge in [0.05, 0.1) is 6.26 Å². The number of amides is 1. The number of carbonyl (C=O) groups is 1. The van der Waals surface area contributed by atoms with Gasteiger partial charge in [0.2, 0.25) is 10.0 Å². The highest BCUT2D eigenvalue weighted by Gasteiger charge is 2.21. The lowest BCUT2D eigenvalue weighted by Gasteiger charge is -2.34. The molecule has 0 atom stereocenters. The van der Waals surface area contributed by atoms with Crippen LogP contribution in [0.25, 0.3) is 0 Å². The van der Waals surface area contributed by atoms with Crippen LogP contribution in [0, 0.1) is 0 Å². The maximum Gasteiger partial charge on any atom is 0.254 e. The van der Waals surface area contributed by atoms with Gasteiger partial charge in [0, 0.05) is 37.4 Å². The highest BCUT2D eigenvalue weighted by molar-refractivity contribution is 7.92. The Morgan fingerprint density at radius 3 is 2.48 bits per heavy atom. The lowest BCUT2D eigenvalue weighted by Crippen LogP contribution is -2.48. The van der Waals surface area contributed by atoms with Crippen molar-refractivity contribution in [2.24, 2.45) is 0 Å². The molecule has 1 amide bonds. The Hall–Kier alpha value is -1.60. The first-order valence-corrected chi connectivity index (χ1v) is 8.87. The number of nitrogens with one attached hydrogen (secondary N) is 1. The molecule has 0 unspecified atom stereocenters. The SMILES string of the molecule is CCN1CCN(C(=O)c2cccc(NS(C)(=O)=O)c2)CC1. The number of anilines is 1. The van der Waals surface area contributed by atoms with Crippen molar-refractivity contribution in [3.05, 3.63) is 29.8 Å². The average Bonchev–Trinajstić information content (AvgIpc) is 2.45. The number of rotatable bonds is 4. The average molecular weight is 311 g/mol. The highest BCUT2D eigenvalue weighted by atomic mass is 32.2. The first-order chi connectivity index (χ1) is 9.89. The topological polar surface area (TPSA) is 69.7 Å². The Labute approximate surface area is 125 Å². The lowest BCUT2D eigenvalue weighted by molar-refractivity contribution is 0.0643. The smallest absolute Gasteiger partial charge is 0.254 e. The molecule has 1 heterocycles. The molecule has 1 N–H and O–H groups in total. The molecule has 1 aromatic rings. The predicted molar refractivity (Wildman–Crippen MR) is 82.9 cm³/mol. The summed E-state index contributed by atoms with van der Waals surface area (Å²) in [5.41, 5.74) is 0.921. The van der Waals surface area contributed by atoms with Crippen molar-refractivity contribution in [1.29, 1.82) is 0 Å². The molecule has 0 spiro atoms. The van der Waals surface area contributed by atoms with E-state index in [1.165, 1.54) is 0 Å². The van der Waals surface area contributed by atoms with Crippen LogP contribution in [-0.4, -0.2) is 63.1 Å². The Kier molecular flexibility index (Phi) is 4.84. The van der Waals surface area contributed by atoms with E-state index >= 15 is 0 Å². The summed E-state index contributed by atoms with van der Waals surface area (Å²) < 4.78 is 24.9. The molecule has 7 heteroatoms. The summed E-state index contributed by atoms with van der Waals surface area (Å²) in [5, 5.41) is 0. The number of nitrogens with zero attached hydrogens (tertiary/aromatic N) is 2. The molecule has 1 aromatic carbocycles. The Morgan fingerprint density at radius 2 is 1.90 bits per heavy atom. The summed E-state index contributed by atoms with van der Waals surface area (Å²) in [6.45, 7) is 6.27. The van der Waals surface area contributed by atoms with Gasteiger partial charge < -0.3 is 9.80 Å². The second-order valence-electron chi connectivity index (χ2n) is 5.18. The van der Waals surface area contributed by atoms with Crippen LogP contribution in [0.4, 0.5) is 5.69 Å². The maximum absolute atomic E-state index is 12.4. The van der Waals surface area contributed by atoms with Crippen molar-refractivity contribution in [3.63, 3.8) is 0 Å².